The smallest absolute Gasteiger partial charge is 0.0590 e. The normalized spacial score (nSPS) is 17.5. The molecule has 0 fully saturated rings. The third kappa shape index (κ3) is 3.18. The van der Waals surface area contributed by atoms with E-state index in [4.69, 9.17) is 0 Å². The van der Waals surface area contributed by atoms with Gasteiger partial charge in [0, 0.05) is 11.5 Å². The highest BCUT2D eigenvalue weighted by Gasteiger charge is 2.21. The number of benzene rings is 2. The van der Waals surface area contributed by atoms with E-state index in [0.717, 1.165) is 11.3 Å². The van der Waals surface area contributed by atoms with Gasteiger partial charge in [-0.15, -0.1) is 0 Å². The number of hydrogen-bond acceptors (Lipinski definition) is 2. The average Bonchev–Trinajstić information content (AvgIpc) is 2.82. The zero-order chi connectivity index (χ0) is 17.1. The Balaban J connectivity index is 1.87. The highest BCUT2D eigenvalue weighted by Crippen LogP contribution is 2.38. The molecular weight excluding hydrogens is 292 g/mol. The number of hydrogen-bond donors (Lipinski definition) is 1. The molecule has 0 spiro atoms. The molecule has 2 nitrogen and oxygen atoms in total. The van der Waals surface area contributed by atoms with Crippen LogP contribution in [0.25, 0.3) is 5.57 Å². The minimum absolute atomic E-state index is 0.462. The van der Waals surface area contributed by atoms with Gasteiger partial charge in [0.25, 0.3) is 0 Å². The minimum atomic E-state index is 0.462. The van der Waals surface area contributed by atoms with Crippen molar-refractivity contribution < 1.29 is 0 Å². The lowest BCUT2D eigenvalue weighted by Gasteiger charge is -2.15. The maximum atomic E-state index is 4.46. The van der Waals surface area contributed by atoms with Crippen LogP contribution in [0.3, 0.4) is 0 Å². The lowest BCUT2D eigenvalue weighted by molar-refractivity contribution is 0.901. The van der Waals surface area contributed by atoms with Crippen LogP contribution >= 0.6 is 0 Å². The number of anilines is 1. The minimum Gasteiger partial charge on any atom is -0.278 e. The molecule has 2 aromatic carbocycles. The zero-order valence-corrected chi connectivity index (χ0v) is 14.8. The number of nitrogens with one attached hydrogen (secondary N) is 1. The summed E-state index contributed by atoms with van der Waals surface area (Å²) in [5.41, 5.74) is 12.0. The summed E-state index contributed by atoms with van der Waals surface area (Å²) in [6, 6.07) is 16.6. The number of rotatable bonds is 4. The summed E-state index contributed by atoms with van der Waals surface area (Å²) in [5.74, 6) is 0.462. The van der Waals surface area contributed by atoms with Crippen LogP contribution in [0.15, 0.2) is 70.9 Å². The molecule has 0 saturated carbocycles. The lowest BCUT2D eigenvalue weighted by atomic mass is 9.89. The topological polar surface area (TPSA) is 24.4 Å². The van der Waals surface area contributed by atoms with E-state index in [-0.39, 0.29) is 0 Å². The third-order valence-electron chi connectivity index (χ3n) is 4.77. The van der Waals surface area contributed by atoms with E-state index in [9.17, 15) is 0 Å². The molecular formula is C22H24N2. The van der Waals surface area contributed by atoms with Crippen LogP contribution in [-0.2, 0) is 0 Å². The number of allylic oxidation sites excluding steroid dienone is 4. The monoisotopic (exact) mass is 316 g/mol. The van der Waals surface area contributed by atoms with Gasteiger partial charge in [-0.25, -0.2) is 0 Å². The molecule has 1 atom stereocenters. The quantitative estimate of drug-likeness (QED) is 0.558. The number of aryl methyl sites for hydroxylation is 1. The molecule has 1 aliphatic rings. The van der Waals surface area contributed by atoms with Crippen molar-refractivity contribution in [2.24, 2.45) is 11.0 Å². The average molecular weight is 316 g/mol. The number of para-hydroxylation sites is 1. The molecule has 0 bridgehead atoms. The Morgan fingerprint density at radius 1 is 0.958 bits per heavy atom. The van der Waals surface area contributed by atoms with Crippen molar-refractivity contribution in [2.45, 2.75) is 27.7 Å². The van der Waals surface area contributed by atoms with Crippen LogP contribution in [0.2, 0.25) is 0 Å². The standard InChI is InChI=1S/C22H24N2/c1-15-9-5-8-12-21(15)24-23-14-19-10-6-7-11-20(19)22-17(3)13-16(2)18(22)4/h5-14,18,24H,1-4H3/b23-14+. The van der Waals surface area contributed by atoms with Crippen molar-refractivity contribution in [2.75, 3.05) is 5.43 Å². The number of nitrogens with zero attached hydrogens (tertiary/aromatic N) is 1. The van der Waals surface area contributed by atoms with E-state index in [2.05, 4.69) is 74.6 Å². The van der Waals surface area contributed by atoms with E-state index in [1.807, 2.05) is 24.4 Å². The molecule has 3 rings (SSSR count). The van der Waals surface area contributed by atoms with Gasteiger partial charge in [0.05, 0.1) is 11.9 Å². The highest BCUT2D eigenvalue weighted by molar-refractivity contribution is 5.91. The third-order valence-corrected chi connectivity index (χ3v) is 4.77. The van der Waals surface area contributed by atoms with Gasteiger partial charge in [-0.3, -0.25) is 5.43 Å². The van der Waals surface area contributed by atoms with Crippen LogP contribution < -0.4 is 5.43 Å². The predicted octanol–water partition coefficient (Wildman–Crippen LogP) is 5.81. The first-order chi connectivity index (χ1) is 11.6. The second-order valence-electron chi connectivity index (χ2n) is 6.48. The van der Waals surface area contributed by atoms with Crippen molar-refractivity contribution in [3.63, 3.8) is 0 Å². The fourth-order valence-corrected chi connectivity index (χ4v) is 3.28. The van der Waals surface area contributed by atoms with E-state index in [1.165, 1.54) is 27.8 Å². The Morgan fingerprint density at radius 3 is 2.38 bits per heavy atom. The highest BCUT2D eigenvalue weighted by atomic mass is 15.3. The zero-order valence-electron chi connectivity index (χ0n) is 14.8. The van der Waals surface area contributed by atoms with Gasteiger partial charge in [-0.1, -0.05) is 61.0 Å². The van der Waals surface area contributed by atoms with E-state index in [1.54, 1.807) is 0 Å². The van der Waals surface area contributed by atoms with Crippen LogP contribution in [-0.4, -0.2) is 6.21 Å². The molecule has 0 heterocycles. The van der Waals surface area contributed by atoms with Crippen LogP contribution in [0.4, 0.5) is 5.69 Å². The Labute approximate surface area is 144 Å². The molecule has 0 aromatic heterocycles. The fraction of sp³-hybridized carbons (Fsp3) is 0.227. The first kappa shape index (κ1) is 16.3. The fourth-order valence-electron chi connectivity index (χ4n) is 3.28. The van der Waals surface area contributed by atoms with Gasteiger partial charge in [0.2, 0.25) is 0 Å². The first-order valence-electron chi connectivity index (χ1n) is 8.41. The molecule has 24 heavy (non-hydrogen) atoms. The van der Waals surface area contributed by atoms with Crippen molar-refractivity contribution in [1.82, 2.24) is 0 Å². The molecule has 1 aliphatic carbocycles. The van der Waals surface area contributed by atoms with Gasteiger partial charge in [0.1, 0.15) is 0 Å². The van der Waals surface area contributed by atoms with Crippen molar-refractivity contribution >= 4 is 17.5 Å². The summed E-state index contributed by atoms with van der Waals surface area (Å²) in [7, 11) is 0. The van der Waals surface area contributed by atoms with Crippen LogP contribution in [0.5, 0.6) is 0 Å². The van der Waals surface area contributed by atoms with Gasteiger partial charge in [-0.05, 0) is 49.1 Å². The summed E-state index contributed by atoms with van der Waals surface area (Å²) < 4.78 is 0. The molecule has 1 N–H and O–H groups in total. The lowest BCUT2D eigenvalue weighted by Crippen LogP contribution is -2.01. The molecule has 0 amide bonds. The number of hydrazone groups is 1. The molecule has 2 heteroatoms. The Morgan fingerprint density at radius 2 is 1.67 bits per heavy atom. The summed E-state index contributed by atoms with van der Waals surface area (Å²) in [6.45, 7) is 8.76. The molecule has 0 saturated heterocycles. The summed E-state index contributed by atoms with van der Waals surface area (Å²) in [6.07, 6.45) is 4.21. The van der Waals surface area contributed by atoms with E-state index >= 15 is 0 Å². The molecule has 0 radical (unpaired) electrons. The summed E-state index contributed by atoms with van der Waals surface area (Å²) in [4.78, 5) is 0. The molecule has 2 aromatic rings. The van der Waals surface area contributed by atoms with Crippen molar-refractivity contribution in [1.29, 1.82) is 0 Å². The van der Waals surface area contributed by atoms with Crippen molar-refractivity contribution in [3.8, 4) is 0 Å². The SMILES string of the molecule is CC1=CC(C)=C(c2ccccc2/C=N/Nc2ccccc2C)C1C. The van der Waals surface area contributed by atoms with Gasteiger partial charge >= 0.3 is 0 Å². The second-order valence-corrected chi connectivity index (χ2v) is 6.48. The summed E-state index contributed by atoms with van der Waals surface area (Å²) in [5, 5.41) is 4.46. The maximum absolute atomic E-state index is 4.46. The molecule has 1 unspecified atom stereocenters. The largest absolute Gasteiger partial charge is 0.278 e. The Kier molecular flexibility index (Phi) is 4.66. The van der Waals surface area contributed by atoms with Gasteiger partial charge in [-0.2, -0.15) is 5.10 Å². The predicted molar refractivity (Wildman–Crippen MR) is 104 cm³/mol. The van der Waals surface area contributed by atoms with Crippen LogP contribution in [0.1, 0.15) is 37.5 Å². The Hall–Kier alpha value is -2.61. The summed E-state index contributed by atoms with van der Waals surface area (Å²) >= 11 is 0. The second kappa shape index (κ2) is 6.88. The van der Waals surface area contributed by atoms with Gasteiger partial charge < -0.3 is 0 Å². The van der Waals surface area contributed by atoms with Gasteiger partial charge in [0.15, 0.2) is 0 Å². The van der Waals surface area contributed by atoms with E-state index < -0.39 is 0 Å². The first-order valence-corrected chi connectivity index (χ1v) is 8.41. The van der Waals surface area contributed by atoms with E-state index in [0.29, 0.717) is 5.92 Å². The Bertz CT molecular complexity index is 841. The van der Waals surface area contributed by atoms with Crippen molar-refractivity contribution in [3.05, 3.63) is 82.4 Å². The molecule has 122 valence electrons. The van der Waals surface area contributed by atoms with Crippen LogP contribution in [0, 0.1) is 12.8 Å². The maximum Gasteiger partial charge on any atom is 0.0590 e. The molecule has 0 aliphatic heterocycles.